The summed E-state index contributed by atoms with van der Waals surface area (Å²) in [6.07, 6.45) is 2.52. The quantitative estimate of drug-likeness (QED) is 0.913. The SMILES string of the molecule is CCn1cc2c(C3CCN(C(=O)OC(C)(C)C)C3)ccc(C(N)=O)c2n1. The van der Waals surface area contributed by atoms with Gasteiger partial charge in [-0.2, -0.15) is 5.10 Å². The number of fused-ring (bicyclic) bond motifs is 1. The van der Waals surface area contributed by atoms with Gasteiger partial charge >= 0.3 is 6.09 Å². The molecule has 1 fully saturated rings. The predicted octanol–water partition coefficient (Wildman–Crippen LogP) is 2.88. The van der Waals surface area contributed by atoms with Crippen molar-refractivity contribution in [3.63, 3.8) is 0 Å². The van der Waals surface area contributed by atoms with E-state index in [9.17, 15) is 9.59 Å². The van der Waals surface area contributed by atoms with Crippen molar-refractivity contribution >= 4 is 22.9 Å². The molecule has 0 saturated carbocycles. The molecule has 2 N–H and O–H groups in total. The number of amides is 2. The van der Waals surface area contributed by atoms with Crippen molar-refractivity contribution in [3.05, 3.63) is 29.5 Å². The summed E-state index contributed by atoms with van der Waals surface area (Å²) in [7, 11) is 0. The largest absolute Gasteiger partial charge is 0.444 e. The van der Waals surface area contributed by atoms with Gasteiger partial charge in [0.25, 0.3) is 5.91 Å². The van der Waals surface area contributed by atoms with Crippen molar-refractivity contribution in [1.29, 1.82) is 0 Å². The number of rotatable bonds is 3. The second-order valence-corrected chi connectivity index (χ2v) is 7.73. The molecule has 0 radical (unpaired) electrons. The van der Waals surface area contributed by atoms with Gasteiger partial charge in [-0.3, -0.25) is 9.48 Å². The number of benzene rings is 1. The van der Waals surface area contributed by atoms with Gasteiger partial charge in [-0.1, -0.05) is 6.07 Å². The highest BCUT2D eigenvalue weighted by Gasteiger charge is 2.32. The van der Waals surface area contributed by atoms with Crippen molar-refractivity contribution in [2.24, 2.45) is 5.73 Å². The Morgan fingerprint density at radius 1 is 1.35 bits per heavy atom. The molecule has 2 amide bonds. The monoisotopic (exact) mass is 358 g/mol. The van der Waals surface area contributed by atoms with Crippen molar-refractivity contribution in [2.45, 2.75) is 52.2 Å². The first kappa shape index (κ1) is 18.2. The molecule has 0 aliphatic carbocycles. The van der Waals surface area contributed by atoms with Crippen molar-refractivity contribution in [1.82, 2.24) is 14.7 Å². The van der Waals surface area contributed by atoms with Crippen LogP contribution >= 0.6 is 0 Å². The summed E-state index contributed by atoms with van der Waals surface area (Å²) < 4.78 is 7.28. The molecule has 0 bridgehead atoms. The first-order valence-electron chi connectivity index (χ1n) is 8.97. The highest BCUT2D eigenvalue weighted by Crippen LogP contribution is 2.34. The zero-order valence-electron chi connectivity index (χ0n) is 15.8. The number of hydrogen-bond acceptors (Lipinski definition) is 4. The molecule has 26 heavy (non-hydrogen) atoms. The zero-order chi connectivity index (χ0) is 19.1. The molecule has 2 heterocycles. The van der Waals surface area contributed by atoms with Crippen LogP contribution in [0.4, 0.5) is 4.79 Å². The zero-order valence-corrected chi connectivity index (χ0v) is 15.8. The summed E-state index contributed by atoms with van der Waals surface area (Å²) >= 11 is 0. The van der Waals surface area contributed by atoms with Gasteiger partial charge in [0.15, 0.2) is 0 Å². The minimum absolute atomic E-state index is 0.182. The van der Waals surface area contributed by atoms with E-state index in [0.717, 1.165) is 17.4 Å². The van der Waals surface area contributed by atoms with E-state index < -0.39 is 11.5 Å². The number of ether oxygens (including phenoxy) is 1. The molecule has 1 saturated heterocycles. The Morgan fingerprint density at radius 3 is 2.69 bits per heavy atom. The van der Waals surface area contributed by atoms with Gasteiger partial charge in [-0.05, 0) is 45.7 Å². The summed E-state index contributed by atoms with van der Waals surface area (Å²) in [5, 5.41) is 5.43. The fraction of sp³-hybridized carbons (Fsp3) is 0.526. The molecular formula is C19H26N4O3. The Balaban J connectivity index is 1.90. The maximum Gasteiger partial charge on any atom is 0.410 e. The van der Waals surface area contributed by atoms with Gasteiger partial charge in [0.2, 0.25) is 0 Å². The normalized spacial score (nSPS) is 17.7. The van der Waals surface area contributed by atoms with E-state index in [0.29, 0.717) is 30.7 Å². The van der Waals surface area contributed by atoms with E-state index in [1.54, 1.807) is 15.6 Å². The molecule has 1 aromatic carbocycles. The molecule has 0 spiro atoms. The van der Waals surface area contributed by atoms with Gasteiger partial charge in [0, 0.05) is 37.1 Å². The molecule has 1 aliphatic heterocycles. The summed E-state index contributed by atoms with van der Waals surface area (Å²) in [4.78, 5) is 25.8. The van der Waals surface area contributed by atoms with Crippen LogP contribution in [0.2, 0.25) is 0 Å². The Hall–Kier alpha value is -2.57. The number of primary amides is 1. The minimum Gasteiger partial charge on any atom is -0.444 e. The smallest absolute Gasteiger partial charge is 0.410 e. The summed E-state index contributed by atoms with van der Waals surface area (Å²) in [5.74, 6) is -0.300. The number of nitrogens with zero attached hydrogens (tertiary/aromatic N) is 3. The lowest BCUT2D eigenvalue weighted by molar-refractivity contribution is 0.0292. The Kier molecular flexibility index (Phi) is 4.64. The van der Waals surface area contributed by atoms with Crippen LogP contribution in [0.15, 0.2) is 18.3 Å². The lowest BCUT2D eigenvalue weighted by atomic mass is 9.93. The number of hydrogen-bond donors (Lipinski definition) is 1. The van der Waals surface area contributed by atoms with Crippen molar-refractivity contribution in [2.75, 3.05) is 13.1 Å². The van der Waals surface area contributed by atoms with Gasteiger partial charge in [0.05, 0.1) is 5.56 Å². The van der Waals surface area contributed by atoms with E-state index in [4.69, 9.17) is 10.5 Å². The van der Waals surface area contributed by atoms with Crippen molar-refractivity contribution in [3.8, 4) is 0 Å². The molecule has 3 rings (SSSR count). The third-order valence-electron chi connectivity index (χ3n) is 4.63. The first-order valence-corrected chi connectivity index (χ1v) is 8.97. The molecule has 140 valence electrons. The summed E-state index contributed by atoms with van der Waals surface area (Å²) in [6, 6.07) is 3.68. The van der Waals surface area contributed by atoms with E-state index in [2.05, 4.69) is 5.10 Å². The van der Waals surface area contributed by atoms with E-state index in [-0.39, 0.29) is 12.0 Å². The lowest BCUT2D eigenvalue weighted by Gasteiger charge is -2.24. The Morgan fingerprint density at radius 2 is 2.08 bits per heavy atom. The van der Waals surface area contributed by atoms with Crippen molar-refractivity contribution < 1.29 is 14.3 Å². The average Bonchev–Trinajstić information content (AvgIpc) is 3.19. The number of carbonyl (C=O) groups excluding carboxylic acids is 2. The molecular weight excluding hydrogens is 332 g/mol. The number of nitrogens with two attached hydrogens (primary N) is 1. The van der Waals surface area contributed by atoms with Crippen LogP contribution in [0, 0.1) is 0 Å². The number of aromatic nitrogens is 2. The molecule has 2 aromatic rings. The maximum absolute atomic E-state index is 12.3. The van der Waals surface area contributed by atoms with E-state index in [1.807, 2.05) is 40.0 Å². The fourth-order valence-electron chi connectivity index (χ4n) is 3.40. The number of carbonyl (C=O) groups is 2. The molecule has 1 aromatic heterocycles. The summed E-state index contributed by atoms with van der Waals surface area (Å²) in [5.41, 5.74) is 7.14. The average molecular weight is 358 g/mol. The fourth-order valence-corrected chi connectivity index (χ4v) is 3.40. The molecule has 1 unspecified atom stereocenters. The second-order valence-electron chi connectivity index (χ2n) is 7.73. The van der Waals surface area contributed by atoms with E-state index in [1.165, 1.54) is 0 Å². The number of likely N-dealkylation sites (tertiary alicyclic amines) is 1. The molecule has 1 atom stereocenters. The molecule has 7 heteroatoms. The van der Waals surface area contributed by atoms with E-state index >= 15 is 0 Å². The minimum atomic E-state index is -0.506. The van der Waals surface area contributed by atoms with Crippen LogP contribution in [-0.4, -0.2) is 45.4 Å². The highest BCUT2D eigenvalue weighted by atomic mass is 16.6. The Labute approximate surface area is 153 Å². The van der Waals surface area contributed by atoms with Gasteiger partial charge in [-0.15, -0.1) is 0 Å². The lowest BCUT2D eigenvalue weighted by Crippen LogP contribution is -2.35. The predicted molar refractivity (Wildman–Crippen MR) is 99.1 cm³/mol. The third-order valence-corrected chi connectivity index (χ3v) is 4.63. The third kappa shape index (κ3) is 3.52. The topological polar surface area (TPSA) is 90.5 Å². The van der Waals surface area contributed by atoms with Crippen LogP contribution < -0.4 is 5.73 Å². The van der Waals surface area contributed by atoms with Crippen LogP contribution in [0.1, 0.15) is 56.0 Å². The van der Waals surface area contributed by atoms with Crippen LogP contribution in [-0.2, 0) is 11.3 Å². The van der Waals surface area contributed by atoms with Crippen LogP contribution in [0.5, 0.6) is 0 Å². The van der Waals surface area contributed by atoms with Gasteiger partial charge in [-0.25, -0.2) is 4.79 Å². The highest BCUT2D eigenvalue weighted by molar-refractivity contribution is 6.05. The van der Waals surface area contributed by atoms with Gasteiger partial charge < -0.3 is 15.4 Å². The van der Waals surface area contributed by atoms with Crippen LogP contribution in [0.25, 0.3) is 10.9 Å². The Bertz CT molecular complexity index is 850. The second kappa shape index (κ2) is 6.63. The molecule has 7 nitrogen and oxygen atoms in total. The number of aryl methyl sites for hydroxylation is 1. The maximum atomic E-state index is 12.3. The summed E-state index contributed by atoms with van der Waals surface area (Å²) in [6.45, 7) is 9.55. The molecule has 1 aliphatic rings. The van der Waals surface area contributed by atoms with Crippen LogP contribution in [0.3, 0.4) is 0 Å². The standard InChI is InChI=1S/C19H26N4O3/c1-5-23-11-15-13(6-7-14(17(20)24)16(15)21-23)12-8-9-22(10-12)18(25)26-19(2,3)4/h6-7,11-12H,5,8-10H2,1-4H3,(H2,20,24). The van der Waals surface area contributed by atoms with Gasteiger partial charge in [0.1, 0.15) is 11.1 Å². The first-order chi connectivity index (χ1) is 12.2.